The standard InChI is InChI=1S/C25H26N2O2/c1-2-25(28)27-16-14-23(15-17-27)29-22-11-8-19(9-12-22)21-10-13-24(26-18-21)20-6-4-3-5-7-20/h3-13,18,23H,2,14-17H2,1H3. The highest BCUT2D eigenvalue weighted by molar-refractivity contribution is 5.75. The van der Waals surface area contributed by atoms with Crippen molar-refractivity contribution in [1.82, 2.24) is 9.88 Å². The predicted molar refractivity (Wildman–Crippen MR) is 116 cm³/mol. The van der Waals surface area contributed by atoms with Crippen LogP contribution in [-0.4, -0.2) is 35.0 Å². The maximum Gasteiger partial charge on any atom is 0.222 e. The molecular weight excluding hydrogens is 360 g/mol. The van der Waals surface area contributed by atoms with Crippen molar-refractivity contribution in [1.29, 1.82) is 0 Å². The number of nitrogens with zero attached hydrogens (tertiary/aromatic N) is 2. The average molecular weight is 386 g/mol. The maximum atomic E-state index is 11.8. The Labute approximate surface area is 172 Å². The molecule has 0 N–H and O–H groups in total. The molecule has 1 amide bonds. The molecule has 1 aliphatic heterocycles. The van der Waals surface area contributed by atoms with Gasteiger partial charge >= 0.3 is 0 Å². The van der Waals surface area contributed by atoms with Crippen LogP contribution in [0.4, 0.5) is 0 Å². The second-order valence-electron chi connectivity index (χ2n) is 7.37. The minimum Gasteiger partial charge on any atom is -0.490 e. The van der Waals surface area contributed by atoms with Gasteiger partial charge in [-0.3, -0.25) is 9.78 Å². The van der Waals surface area contributed by atoms with Crippen molar-refractivity contribution < 1.29 is 9.53 Å². The van der Waals surface area contributed by atoms with Crippen molar-refractivity contribution in [2.24, 2.45) is 0 Å². The van der Waals surface area contributed by atoms with Gasteiger partial charge < -0.3 is 9.64 Å². The van der Waals surface area contributed by atoms with Crippen molar-refractivity contribution in [3.05, 3.63) is 72.9 Å². The fourth-order valence-electron chi connectivity index (χ4n) is 3.71. The van der Waals surface area contributed by atoms with Gasteiger partial charge in [-0.05, 0) is 23.8 Å². The largest absolute Gasteiger partial charge is 0.490 e. The minimum atomic E-state index is 0.175. The van der Waals surface area contributed by atoms with Crippen LogP contribution >= 0.6 is 0 Å². The number of carbonyl (C=O) groups is 1. The number of likely N-dealkylation sites (tertiary alicyclic amines) is 1. The first kappa shape index (κ1) is 19.2. The molecule has 1 aliphatic rings. The van der Waals surface area contributed by atoms with E-state index in [9.17, 15) is 4.79 Å². The van der Waals surface area contributed by atoms with E-state index in [2.05, 4.69) is 41.4 Å². The van der Waals surface area contributed by atoms with Gasteiger partial charge in [0.2, 0.25) is 5.91 Å². The van der Waals surface area contributed by atoms with Crippen LogP contribution in [0.2, 0.25) is 0 Å². The summed E-state index contributed by atoms with van der Waals surface area (Å²) < 4.78 is 6.13. The third-order valence-electron chi connectivity index (χ3n) is 5.42. The van der Waals surface area contributed by atoms with Gasteiger partial charge in [0.25, 0.3) is 0 Å². The summed E-state index contributed by atoms with van der Waals surface area (Å²) in [6.45, 7) is 3.49. The Bertz CT molecular complexity index is 929. The molecule has 4 nitrogen and oxygen atoms in total. The van der Waals surface area contributed by atoms with Crippen molar-refractivity contribution >= 4 is 5.91 Å². The molecule has 1 aromatic heterocycles. The van der Waals surface area contributed by atoms with E-state index >= 15 is 0 Å². The number of piperidine rings is 1. The van der Waals surface area contributed by atoms with Crippen molar-refractivity contribution in [3.8, 4) is 28.1 Å². The molecule has 0 unspecified atom stereocenters. The van der Waals surface area contributed by atoms with E-state index in [4.69, 9.17) is 4.74 Å². The van der Waals surface area contributed by atoms with Crippen LogP contribution in [0.15, 0.2) is 72.9 Å². The Morgan fingerprint density at radius 1 is 0.931 bits per heavy atom. The molecule has 29 heavy (non-hydrogen) atoms. The van der Waals surface area contributed by atoms with Gasteiger partial charge in [0.15, 0.2) is 0 Å². The first-order valence-corrected chi connectivity index (χ1v) is 10.3. The fourth-order valence-corrected chi connectivity index (χ4v) is 3.71. The van der Waals surface area contributed by atoms with E-state index < -0.39 is 0 Å². The lowest BCUT2D eigenvalue weighted by Gasteiger charge is -2.32. The Hall–Kier alpha value is -3.14. The van der Waals surface area contributed by atoms with Crippen molar-refractivity contribution in [3.63, 3.8) is 0 Å². The Morgan fingerprint density at radius 3 is 2.24 bits per heavy atom. The second kappa shape index (κ2) is 8.91. The number of hydrogen-bond donors (Lipinski definition) is 0. The van der Waals surface area contributed by atoms with E-state index in [1.165, 1.54) is 0 Å². The highest BCUT2D eigenvalue weighted by Crippen LogP contribution is 2.26. The number of aromatic nitrogens is 1. The molecule has 2 heterocycles. The topological polar surface area (TPSA) is 42.4 Å². The number of rotatable bonds is 5. The van der Waals surface area contributed by atoms with E-state index in [1.54, 1.807) is 0 Å². The van der Waals surface area contributed by atoms with Crippen LogP contribution in [0.1, 0.15) is 26.2 Å². The van der Waals surface area contributed by atoms with Gasteiger partial charge in [0, 0.05) is 49.7 Å². The van der Waals surface area contributed by atoms with Gasteiger partial charge in [0.05, 0.1) is 5.69 Å². The molecule has 0 radical (unpaired) electrons. The van der Waals surface area contributed by atoms with Gasteiger partial charge in [0.1, 0.15) is 11.9 Å². The smallest absolute Gasteiger partial charge is 0.222 e. The molecule has 0 spiro atoms. The van der Waals surface area contributed by atoms with E-state index in [1.807, 2.05) is 48.4 Å². The van der Waals surface area contributed by atoms with E-state index in [0.29, 0.717) is 6.42 Å². The number of ether oxygens (including phenoxy) is 1. The molecule has 0 bridgehead atoms. The number of amides is 1. The zero-order chi connectivity index (χ0) is 20.1. The third-order valence-corrected chi connectivity index (χ3v) is 5.42. The fraction of sp³-hybridized carbons (Fsp3) is 0.280. The lowest BCUT2D eigenvalue weighted by molar-refractivity contribution is -0.132. The van der Waals surface area contributed by atoms with Crippen LogP contribution in [0.25, 0.3) is 22.4 Å². The lowest BCUT2D eigenvalue weighted by atomic mass is 10.1. The summed E-state index contributed by atoms with van der Waals surface area (Å²) in [6, 6.07) is 22.5. The lowest BCUT2D eigenvalue weighted by Crippen LogP contribution is -2.41. The van der Waals surface area contributed by atoms with Crippen molar-refractivity contribution in [2.75, 3.05) is 13.1 Å². The summed E-state index contributed by atoms with van der Waals surface area (Å²) in [7, 11) is 0. The molecule has 148 valence electrons. The van der Waals surface area contributed by atoms with Crippen LogP contribution in [0, 0.1) is 0 Å². The zero-order valence-electron chi connectivity index (χ0n) is 16.8. The first-order chi connectivity index (χ1) is 14.2. The highest BCUT2D eigenvalue weighted by atomic mass is 16.5. The van der Waals surface area contributed by atoms with Gasteiger partial charge in [-0.15, -0.1) is 0 Å². The Kier molecular flexibility index (Phi) is 5.89. The predicted octanol–water partition coefficient (Wildman–Crippen LogP) is 5.20. The molecule has 3 aromatic rings. The Morgan fingerprint density at radius 2 is 1.62 bits per heavy atom. The monoisotopic (exact) mass is 386 g/mol. The summed E-state index contributed by atoms with van der Waals surface area (Å²) in [5.41, 5.74) is 4.30. The maximum absolute atomic E-state index is 11.8. The van der Waals surface area contributed by atoms with Gasteiger partial charge in [-0.25, -0.2) is 0 Å². The molecule has 4 rings (SSSR count). The molecule has 1 saturated heterocycles. The van der Waals surface area contributed by atoms with Gasteiger partial charge in [-0.2, -0.15) is 0 Å². The summed E-state index contributed by atoms with van der Waals surface area (Å²) >= 11 is 0. The summed E-state index contributed by atoms with van der Waals surface area (Å²) in [6.07, 6.45) is 4.44. The zero-order valence-corrected chi connectivity index (χ0v) is 16.8. The van der Waals surface area contributed by atoms with Crippen LogP contribution < -0.4 is 4.74 Å². The summed E-state index contributed by atoms with van der Waals surface area (Å²) in [4.78, 5) is 18.3. The third kappa shape index (κ3) is 4.65. The molecule has 2 aromatic carbocycles. The normalized spacial score (nSPS) is 14.6. The second-order valence-corrected chi connectivity index (χ2v) is 7.37. The number of hydrogen-bond acceptors (Lipinski definition) is 3. The number of carbonyl (C=O) groups excluding carboxylic acids is 1. The van der Waals surface area contributed by atoms with Crippen LogP contribution in [0.5, 0.6) is 5.75 Å². The van der Waals surface area contributed by atoms with E-state index in [-0.39, 0.29) is 12.0 Å². The van der Waals surface area contributed by atoms with Crippen LogP contribution in [0.3, 0.4) is 0 Å². The molecule has 0 atom stereocenters. The quantitative estimate of drug-likeness (QED) is 0.606. The number of pyridine rings is 1. The molecule has 1 fully saturated rings. The highest BCUT2D eigenvalue weighted by Gasteiger charge is 2.22. The molecule has 0 aliphatic carbocycles. The summed E-state index contributed by atoms with van der Waals surface area (Å²) in [5.74, 6) is 1.11. The SMILES string of the molecule is CCC(=O)N1CCC(Oc2ccc(-c3ccc(-c4ccccc4)nc3)cc2)CC1. The van der Waals surface area contributed by atoms with E-state index in [0.717, 1.165) is 54.1 Å². The van der Waals surface area contributed by atoms with Crippen molar-refractivity contribution in [2.45, 2.75) is 32.3 Å². The number of benzene rings is 2. The van der Waals surface area contributed by atoms with Gasteiger partial charge in [-0.1, -0.05) is 55.5 Å². The molecule has 4 heteroatoms. The molecule has 0 saturated carbocycles. The summed E-state index contributed by atoms with van der Waals surface area (Å²) in [5, 5.41) is 0. The first-order valence-electron chi connectivity index (χ1n) is 10.3. The molecular formula is C25H26N2O2. The van der Waals surface area contributed by atoms with Crippen LogP contribution in [-0.2, 0) is 4.79 Å². The average Bonchev–Trinajstić information content (AvgIpc) is 2.80. The minimum absolute atomic E-state index is 0.175. The Balaban J connectivity index is 1.36.